The zero-order valence-corrected chi connectivity index (χ0v) is 18.0. The average Bonchev–Trinajstić information content (AvgIpc) is 3.19. The first-order chi connectivity index (χ1) is 14.1. The van der Waals surface area contributed by atoms with Crippen LogP contribution in [0.3, 0.4) is 0 Å². The molecule has 1 amide bonds. The Balaban J connectivity index is 1.55. The van der Waals surface area contributed by atoms with E-state index in [0.717, 1.165) is 48.7 Å². The molecule has 0 unspecified atom stereocenters. The number of anilines is 1. The summed E-state index contributed by atoms with van der Waals surface area (Å²) in [6.45, 7) is 3.69. The number of halogens is 1. The minimum atomic E-state index is -0.238. The zero-order valence-electron chi connectivity index (χ0n) is 17.2. The number of aromatic nitrogens is 2. The van der Waals surface area contributed by atoms with Gasteiger partial charge in [-0.1, -0.05) is 44.7 Å². The van der Waals surface area contributed by atoms with Crippen LogP contribution < -0.4 is 10.2 Å². The Bertz CT molecular complexity index is 758. The standard InChI is InChI=1S/C22H31FN4OS/c1-2-3-14-27(15-13-21(28)24-19-7-5-4-6-8-19)22-25-20(26-29-22)16-17-9-11-18(23)12-10-17/h9-12,19H,2-8,13-16H2,1H3,(H,24,28). The molecule has 0 bridgehead atoms. The van der Waals surface area contributed by atoms with Crippen molar-refractivity contribution >= 4 is 22.6 Å². The fourth-order valence-corrected chi connectivity index (χ4v) is 4.40. The number of hydrogen-bond acceptors (Lipinski definition) is 5. The molecule has 0 spiro atoms. The van der Waals surface area contributed by atoms with E-state index < -0.39 is 0 Å². The maximum atomic E-state index is 13.1. The monoisotopic (exact) mass is 418 g/mol. The molecule has 1 fully saturated rings. The number of nitrogens with one attached hydrogen (secondary N) is 1. The van der Waals surface area contributed by atoms with Crippen LogP contribution in [0.2, 0.25) is 0 Å². The number of unbranched alkanes of at least 4 members (excludes halogenated alkanes) is 1. The molecular formula is C22H31FN4OS. The van der Waals surface area contributed by atoms with E-state index in [1.807, 2.05) is 0 Å². The van der Waals surface area contributed by atoms with Crippen LogP contribution in [0, 0.1) is 5.82 Å². The third-order valence-corrected chi connectivity index (χ3v) is 6.18. The summed E-state index contributed by atoms with van der Waals surface area (Å²) in [6.07, 6.45) is 9.14. The quantitative estimate of drug-likeness (QED) is 0.607. The second-order valence-corrected chi connectivity index (χ2v) is 8.52. The van der Waals surface area contributed by atoms with E-state index in [-0.39, 0.29) is 11.7 Å². The van der Waals surface area contributed by atoms with Gasteiger partial charge in [-0.15, -0.1) is 0 Å². The summed E-state index contributed by atoms with van der Waals surface area (Å²) in [5.41, 5.74) is 0.989. The number of hydrogen-bond donors (Lipinski definition) is 1. The summed E-state index contributed by atoms with van der Waals surface area (Å²) >= 11 is 1.38. The van der Waals surface area contributed by atoms with Gasteiger partial charge in [-0.25, -0.2) is 9.37 Å². The summed E-state index contributed by atoms with van der Waals surface area (Å²) in [6, 6.07) is 6.80. The lowest BCUT2D eigenvalue weighted by Crippen LogP contribution is -2.38. The highest BCUT2D eigenvalue weighted by Gasteiger charge is 2.18. The molecule has 0 aliphatic heterocycles. The molecule has 1 aliphatic carbocycles. The maximum absolute atomic E-state index is 13.1. The van der Waals surface area contributed by atoms with E-state index in [4.69, 9.17) is 0 Å². The van der Waals surface area contributed by atoms with Gasteiger partial charge in [-0.3, -0.25) is 4.79 Å². The zero-order chi connectivity index (χ0) is 20.5. The van der Waals surface area contributed by atoms with Crippen molar-refractivity contribution in [1.29, 1.82) is 0 Å². The van der Waals surface area contributed by atoms with Gasteiger partial charge >= 0.3 is 0 Å². The van der Waals surface area contributed by atoms with Crippen molar-refractivity contribution < 1.29 is 9.18 Å². The Kier molecular flexibility index (Phi) is 8.40. The molecule has 0 saturated heterocycles. The summed E-state index contributed by atoms with van der Waals surface area (Å²) in [4.78, 5) is 19.3. The van der Waals surface area contributed by atoms with E-state index in [2.05, 4.69) is 26.5 Å². The molecule has 0 radical (unpaired) electrons. The molecule has 1 aromatic heterocycles. The third kappa shape index (κ3) is 7.07. The highest BCUT2D eigenvalue weighted by molar-refractivity contribution is 7.09. The molecule has 1 saturated carbocycles. The fourth-order valence-electron chi connectivity index (χ4n) is 3.67. The van der Waals surface area contributed by atoms with E-state index in [1.54, 1.807) is 12.1 Å². The molecule has 1 aliphatic rings. The van der Waals surface area contributed by atoms with Gasteiger partial charge in [0.15, 0.2) is 0 Å². The number of benzene rings is 1. The fraction of sp³-hybridized carbons (Fsp3) is 0.591. The molecule has 2 aromatic rings. The van der Waals surface area contributed by atoms with Gasteiger partial charge < -0.3 is 10.2 Å². The van der Waals surface area contributed by atoms with E-state index in [0.29, 0.717) is 25.4 Å². The first kappa shape index (κ1) is 21.7. The highest BCUT2D eigenvalue weighted by Crippen LogP contribution is 2.21. The van der Waals surface area contributed by atoms with Gasteiger partial charge in [0, 0.05) is 43.5 Å². The summed E-state index contributed by atoms with van der Waals surface area (Å²) in [5.74, 6) is 0.636. The van der Waals surface area contributed by atoms with Crippen LogP contribution in [0.5, 0.6) is 0 Å². The van der Waals surface area contributed by atoms with E-state index in [9.17, 15) is 9.18 Å². The summed E-state index contributed by atoms with van der Waals surface area (Å²) in [5, 5.41) is 4.06. The predicted molar refractivity (Wildman–Crippen MR) is 116 cm³/mol. The highest BCUT2D eigenvalue weighted by atomic mass is 32.1. The van der Waals surface area contributed by atoms with Crippen LogP contribution in [-0.4, -0.2) is 34.4 Å². The Hall–Kier alpha value is -2.02. The van der Waals surface area contributed by atoms with Gasteiger partial charge in [-0.05, 0) is 37.0 Å². The topological polar surface area (TPSA) is 58.1 Å². The summed E-state index contributed by atoms with van der Waals surface area (Å²) in [7, 11) is 0. The number of nitrogens with zero attached hydrogens (tertiary/aromatic N) is 3. The minimum Gasteiger partial charge on any atom is -0.353 e. The van der Waals surface area contributed by atoms with Gasteiger partial charge in [-0.2, -0.15) is 4.37 Å². The van der Waals surface area contributed by atoms with E-state index in [1.165, 1.54) is 42.9 Å². The number of carbonyl (C=O) groups is 1. The molecule has 5 nitrogen and oxygen atoms in total. The largest absolute Gasteiger partial charge is 0.353 e. The lowest BCUT2D eigenvalue weighted by Gasteiger charge is -2.24. The Morgan fingerprint density at radius 2 is 1.97 bits per heavy atom. The SMILES string of the molecule is CCCCN(CCC(=O)NC1CCCCC1)c1nc(Cc2ccc(F)cc2)ns1. The Morgan fingerprint density at radius 1 is 1.21 bits per heavy atom. The van der Waals surface area contributed by atoms with Crippen molar-refractivity contribution in [2.24, 2.45) is 0 Å². The average molecular weight is 419 g/mol. The minimum absolute atomic E-state index is 0.134. The molecule has 158 valence electrons. The maximum Gasteiger partial charge on any atom is 0.221 e. The van der Waals surface area contributed by atoms with Gasteiger partial charge in [0.1, 0.15) is 11.6 Å². The van der Waals surface area contributed by atoms with Gasteiger partial charge in [0.2, 0.25) is 11.0 Å². The second kappa shape index (κ2) is 11.2. The Labute approximate surface area is 176 Å². The molecule has 7 heteroatoms. The van der Waals surface area contributed by atoms with Crippen LogP contribution in [0.1, 0.15) is 69.7 Å². The molecule has 0 atom stereocenters. The van der Waals surface area contributed by atoms with Crippen molar-refractivity contribution in [3.05, 3.63) is 41.5 Å². The number of carbonyl (C=O) groups excluding carboxylic acids is 1. The lowest BCUT2D eigenvalue weighted by molar-refractivity contribution is -0.121. The molecular weight excluding hydrogens is 387 g/mol. The van der Waals surface area contributed by atoms with Crippen LogP contribution in [0.15, 0.2) is 24.3 Å². The normalized spacial score (nSPS) is 14.7. The third-order valence-electron chi connectivity index (χ3n) is 5.36. The van der Waals surface area contributed by atoms with Crippen LogP contribution in [0.25, 0.3) is 0 Å². The predicted octanol–water partition coefficient (Wildman–Crippen LogP) is 4.71. The Morgan fingerprint density at radius 3 is 2.69 bits per heavy atom. The van der Waals surface area contributed by atoms with Crippen LogP contribution >= 0.6 is 11.5 Å². The van der Waals surface area contributed by atoms with Crippen molar-refractivity contribution in [2.75, 3.05) is 18.0 Å². The summed E-state index contributed by atoms with van der Waals surface area (Å²) < 4.78 is 17.6. The lowest BCUT2D eigenvalue weighted by atomic mass is 9.95. The van der Waals surface area contributed by atoms with Gasteiger partial charge in [0.25, 0.3) is 0 Å². The smallest absolute Gasteiger partial charge is 0.221 e. The first-order valence-corrected chi connectivity index (χ1v) is 11.5. The molecule has 29 heavy (non-hydrogen) atoms. The molecule has 3 rings (SSSR count). The van der Waals surface area contributed by atoms with Crippen LogP contribution in [0.4, 0.5) is 9.52 Å². The first-order valence-electron chi connectivity index (χ1n) is 10.8. The number of amides is 1. The number of rotatable bonds is 10. The van der Waals surface area contributed by atoms with Crippen molar-refractivity contribution in [2.45, 2.75) is 70.8 Å². The van der Waals surface area contributed by atoms with Crippen molar-refractivity contribution in [3.63, 3.8) is 0 Å². The molecule has 1 heterocycles. The van der Waals surface area contributed by atoms with Crippen LogP contribution in [-0.2, 0) is 11.2 Å². The van der Waals surface area contributed by atoms with Gasteiger partial charge in [0.05, 0.1) is 0 Å². The van der Waals surface area contributed by atoms with Crippen molar-refractivity contribution in [3.8, 4) is 0 Å². The molecule has 1 aromatic carbocycles. The van der Waals surface area contributed by atoms with Crippen molar-refractivity contribution in [1.82, 2.24) is 14.7 Å². The second-order valence-electron chi connectivity index (χ2n) is 7.79. The molecule has 1 N–H and O–H groups in total. The van der Waals surface area contributed by atoms with E-state index >= 15 is 0 Å².